The predicted octanol–water partition coefficient (Wildman–Crippen LogP) is 4.27. The Hall–Kier alpha value is -1.85. The summed E-state index contributed by atoms with van der Waals surface area (Å²) in [7, 11) is 0. The van der Waals surface area contributed by atoms with E-state index in [9.17, 15) is 4.79 Å². The Bertz CT molecular complexity index is 785. The molecular formula is C21H24BrNO3. The maximum Gasteiger partial charge on any atom is 0.258 e. The Morgan fingerprint density at radius 3 is 2.65 bits per heavy atom. The zero-order valence-electron chi connectivity index (χ0n) is 15.2. The van der Waals surface area contributed by atoms with Crippen molar-refractivity contribution >= 4 is 21.8 Å². The first-order valence-corrected chi connectivity index (χ1v) is 9.63. The smallest absolute Gasteiger partial charge is 0.258 e. The van der Waals surface area contributed by atoms with Gasteiger partial charge in [-0.05, 0) is 56.0 Å². The van der Waals surface area contributed by atoms with E-state index < -0.39 is 5.54 Å². The van der Waals surface area contributed by atoms with Crippen LogP contribution in [-0.2, 0) is 15.1 Å². The van der Waals surface area contributed by atoms with E-state index >= 15 is 0 Å². The quantitative estimate of drug-likeness (QED) is 0.789. The molecule has 5 heteroatoms. The van der Waals surface area contributed by atoms with E-state index in [0.717, 1.165) is 34.2 Å². The molecule has 4 nitrogen and oxygen atoms in total. The van der Waals surface area contributed by atoms with Crippen molar-refractivity contribution in [1.29, 1.82) is 0 Å². The van der Waals surface area contributed by atoms with Gasteiger partial charge in [0.1, 0.15) is 5.75 Å². The first-order chi connectivity index (χ1) is 12.5. The van der Waals surface area contributed by atoms with E-state index in [2.05, 4.69) is 39.4 Å². The van der Waals surface area contributed by atoms with E-state index in [4.69, 9.17) is 9.47 Å². The van der Waals surface area contributed by atoms with Crippen molar-refractivity contribution in [3.8, 4) is 5.75 Å². The van der Waals surface area contributed by atoms with Crippen molar-refractivity contribution in [3.63, 3.8) is 0 Å². The van der Waals surface area contributed by atoms with Crippen LogP contribution in [0.5, 0.6) is 5.75 Å². The zero-order chi connectivity index (χ0) is 18.6. The van der Waals surface area contributed by atoms with Crippen molar-refractivity contribution in [2.75, 3.05) is 19.8 Å². The van der Waals surface area contributed by atoms with Crippen LogP contribution in [0.2, 0.25) is 0 Å². The van der Waals surface area contributed by atoms with Crippen LogP contribution in [0, 0.1) is 13.8 Å². The summed E-state index contributed by atoms with van der Waals surface area (Å²) in [5.41, 5.74) is 2.89. The molecule has 1 N–H and O–H groups in total. The summed E-state index contributed by atoms with van der Waals surface area (Å²) in [5, 5.41) is 3.21. The third-order valence-electron chi connectivity index (χ3n) is 4.79. The molecule has 0 spiro atoms. The maximum absolute atomic E-state index is 12.6. The number of hydrogen-bond donors (Lipinski definition) is 1. The summed E-state index contributed by atoms with van der Waals surface area (Å²) in [6.07, 6.45) is 1.50. The summed E-state index contributed by atoms with van der Waals surface area (Å²) in [6.45, 7) is 5.29. The summed E-state index contributed by atoms with van der Waals surface area (Å²) in [5.74, 6) is 0.626. The summed E-state index contributed by atoms with van der Waals surface area (Å²) in [4.78, 5) is 12.6. The number of carbonyl (C=O) groups is 1. The van der Waals surface area contributed by atoms with Gasteiger partial charge in [-0.15, -0.1) is 0 Å². The molecule has 0 aromatic heterocycles. The van der Waals surface area contributed by atoms with E-state index in [0.29, 0.717) is 13.2 Å². The van der Waals surface area contributed by atoms with Crippen LogP contribution in [-0.4, -0.2) is 25.7 Å². The highest BCUT2D eigenvalue weighted by Gasteiger charge is 2.36. The van der Waals surface area contributed by atoms with Crippen LogP contribution >= 0.6 is 15.9 Å². The minimum atomic E-state index is -0.412. The molecule has 2 aromatic carbocycles. The lowest BCUT2D eigenvalue weighted by Gasteiger charge is -2.38. The predicted molar refractivity (Wildman–Crippen MR) is 105 cm³/mol. The topological polar surface area (TPSA) is 47.6 Å². The van der Waals surface area contributed by atoms with Gasteiger partial charge in [-0.1, -0.05) is 45.8 Å². The fraction of sp³-hybridized carbons (Fsp3) is 0.381. The van der Waals surface area contributed by atoms with E-state index in [1.807, 2.05) is 38.1 Å². The number of nitrogens with one attached hydrogen (secondary N) is 1. The molecule has 0 saturated carbocycles. The Labute approximate surface area is 163 Å². The van der Waals surface area contributed by atoms with Crippen LogP contribution in [0.4, 0.5) is 0 Å². The molecule has 1 saturated heterocycles. The minimum Gasteiger partial charge on any atom is -0.484 e. The van der Waals surface area contributed by atoms with Crippen LogP contribution in [0.15, 0.2) is 46.9 Å². The molecule has 138 valence electrons. The van der Waals surface area contributed by atoms with Crippen LogP contribution in [0.1, 0.15) is 29.5 Å². The van der Waals surface area contributed by atoms with Gasteiger partial charge in [0, 0.05) is 17.7 Å². The Morgan fingerprint density at radius 2 is 1.96 bits per heavy atom. The highest BCUT2D eigenvalue weighted by atomic mass is 79.9. The Kier molecular flexibility index (Phi) is 5.99. The summed E-state index contributed by atoms with van der Waals surface area (Å²) >= 11 is 3.53. The Morgan fingerprint density at radius 1 is 1.19 bits per heavy atom. The van der Waals surface area contributed by atoms with Crippen LogP contribution in [0.25, 0.3) is 0 Å². The molecule has 1 amide bonds. The van der Waals surface area contributed by atoms with Crippen molar-refractivity contribution in [2.24, 2.45) is 0 Å². The molecule has 0 atom stereocenters. The number of ether oxygens (including phenoxy) is 2. The molecule has 0 unspecified atom stereocenters. The van der Waals surface area contributed by atoms with Gasteiger partial charge in [0.2, 0.25) is 0 Å². The maximum atomic E-state index is 12.6. The molecular weight excluding hydrogens is 394 g/mol. The number of benzene rings is 2. The number of aryl methyl sites for hydroxylation is 2. The number of amides is 1. The van der Waals surface area contributed by atoms with Crippen molar-refractivity contribution in [1.82, 2.24) is 5.32 Å². The molecule has 0 radical (unpaired) electrons. The molecule has 1 aliphatic rings. The van der Waals surface area contributed by atoms with Gasteiger partial charge in [0.15, 0.2) is 6.61 Å². The van der Waals surface area contributed by atoms with Crippen LogP contribution in [0.3, 0.4) is 0 Å². The second kappa shape index (κ2) is 8.23. The monoisotopic (exact) mass is 417 g/mol. The number of halogens is 1. The van der Waals surface area contributed by atoms with Gasteiger partial charge in [0.25, 0.3) is 5.91 Å². The number of rotatable bonds is 5. The van der Waals surface area contributed by atoms with E-state index in [1.165, 1.54) is 5.56 Å². The van der Waals surface area contributed by atoms with E-state index in [-0.39, 0.29) is 12.5 Å². The van der Waals surface area contributed by atoms with Gasteiger partial charge >= 0.3 is 0 Å². The Balaban J connectivity index is 1.71. The molecule has 2 aromatic rings. The molecule has 26 heavy (non-hydrogen) atoms. The van der Waals surface area contributed by atoms with Gasteiger partial charge in [-0.2, -0.15) is 0 Å². The fourth-order valence-corrected chi connectivity index (χ4v) is 3.80. The average Bonchev–Trinajstić information content (AvgIpc) is 2.62. The normalized spacial score (nSPS) is 16.1. The number of carbonyl (C=O) groups excluding carboxylic acids is 1. The third-order valence-corrected chi connectivity index (χ3v) is 5.28. The first kappa shape index (κ1) is 18.9. The lowest BCUT2D eigenvalue weighted by molar-refractivity contribution is -0.126. The summed E-state index contributed by atoms with van der Waals surface area (Å²) in [6, 6.07) is 14.1. The molecule has 1 aliphatic heterocycles. The third kappa shape index (κ3) is 4.46. The second-order valence-corrected chi connectivity index (χ2v) is 7.73. The molecule has 1 fully saturated rings. The highest BCUT2D eigenvalue weighted by Crippen LogP contribution is 2.33. The van der Waals surface area contributed by atoms with Crippen molar-refractivity contribution in [3.05, 3.63) is 63.6 Å². The van der Waals surface area contributed by atoms with E-state index in [1.54, 1.807) is 0 Å². The standard InChI is InChI=1S/C21H24BrNO3/c1-15-6-7-19(16(2)12-15)26-14-20(24)23-21(8-10-25-11-9-21)17-4-3-5-18(22)13-17/h3-7,12-13H,8-11,14H2,1-2H3,(H,23,24). The number of hydrogen-bond acceptors (Lipinski definition) is 3. The first-order valence-electron chi connectivity index (χ1n) is 8.83. The van der Waals surface area contributed by atoms with Gasteiger partial charge < -0.3 is 14.8 Å². The van der Waals surface area contributed by atoms with Gasteiger partial charge in [-0.3, -0.25) is 4.79 Å². The largest absolute Gasteiger partial charge is 0.484 e. The average molecular weight is 418 g/mol. The molecule has 0 bridgehead atoms. The lowest BCUT2D eigenvalue weighted by Crippen LogP contribution is -2.50. The van der Waals surface area contributed by atoms with Gasteiger partial charge in [0.05, 0.1) is 5.54 Å². The van der Waals surface area contributed by atoms with Crippen molar-refractivity contribution in [2.45, 2.75) is 32.2 Å². The summed E-state index contributed by atoms with van der Waals surface area (Å²) < 4.78 is 12.3. The SMILES string of the molecule is Cc1ccc(OCC(=O)NC2(c3cccc(Br)c3)CCOCC2)c(C)c1. The van der Waals surface area contributed by atoms with Gasteiger partial charge in [-0.25, -0.2) is 0 Å². The zero-order valence-corrected chi connectivity index (χ0v) is 16.8. The fourth-order valence-electron chi connectivity index (χ4n) is 3.40. The minimum absolute atomic E-state index is 0.000507. The second-order valence-electron chi connectivity index (χ2n) is 6.81. The molecule has 1 heterocycles. The highest BCUT2D eigenvalue weighted by molar-refractivity contribution is 9.10. The molecule has 3 rings (SSSR count). The van der Waals surface area contributed by atoms with Crippen molar-refractivity contribution < 1.29 is 14.3 Å². The molecule has 0 aliphatic carbocycles. The lowest BCUT2D eigenvalue weighted by atomic mass is 9.82. The van der Waals surface area contributed by atoms with Crippen LogP contribution < -0.4 is 10.1 Å².